The summed E-state index contributed by atoms with van der Waals surface area (Å²) in [4.78, 5) is 19.6. The third-order valence-corrected chi connectivity index (χ3v) is 9.42. The van der Waals surface area contributed by atoms with Crippen LogP contribution in [0.5, 0.6) is 5.75 Å². The Morgan fingerprint density at radius 2 is 1.49 bits per heavy atom. The molecule has 0 unspecified atom stereocenters. The lowest BCUT2D eigenvalue weighted by molar-refractivity contribution is -0.190. The molecule has 0 bridgehead atoms. The van der Waals surface area contributed by atoms with Crippen molar-refractivity contribution in [2.75, 3.05) is 17.2 Å². The van der Waals surface area contributed by atoms with Gasteiger partial charge in [0.1, 0.15) is 17.4 Å². The number of hydrogen-bond acceptors (Lipinski definition) is 9. The van der Waals surface area contributed by atoms with Crippen LogP contribution in [0.15, 0.2) is 83.9 Å². The molecule has 0 radical (unpaired) electrons. The largest absolute Gasteiger partial charge is 0.491 e. The number of nitrogens with zero attached hydrogens (tertiary/aromatic N) is 2. The Labute approximate surface area is 287 Å². The van der Waals surface area contributed by atoms with Gasteiger partial charge in [0.2, 0.25) is 16.0 Å². The number of nitrogens with one attached hydrogen (secondary N) is 4. The van der Waals surface area contributed by atoms with Crippen molar-refractivity contribution in [2.45, 2.75) is 55.5 Å². The zero-order valence-electron chi connectivity index (χ0n) is 26.5. The van der Waals surface area contributed by atoms with Crippen LogP contribution in [0.1, 0.15) is 36.8 Å². The number of anilines is 4. The van der Waals surface area contributed by atoms with Gasteiger partial charge in [-0.15, -0.1) is 0 Å². The van der Waals surface area contributed by atoms with Gasteiger partial charge in [-0.25, -0.2) is 27.3 Å². The minimum atomic E-state index is -5.45. The maximum atomic E-state index is 13.5. The van der Waals surface area contributed by atoms with E-state index in [1.54, 1.807) is 30.3 Å². The molecule has 272 valence electrons. The average Bonchev–Trinajstić information content (AvgIpc) is 3.08. The van der Waals surface area contributed by atoms with Crippen LogP contribution in [-0.2, 0) is 27.5 Å². The second-order valence-corrected chi connectivity index (χ2v) is 13.5. The molecule has 1 aliphatic carbocycles. The van der Waals surface area contributed by atoms with Crippen LogP contribution in [0.25, 0.3) is 0 Å². The number of sulfonamides is 1. The van der Waals surface area contributed by atoms with Crippen molar-refractivity contribution in [3.8, 4) is 5.75 Å². The predicted molar refractivity (Wildman–Crippen MR) is 172 cm³/mol. The normalized spacial score (nSPS) is 16.8. The third-order valence-electron chi connectivity index (χ3n) is 7.98. The highest BCUT2D eigenvalue weighted by atomic mass is 32.2. The predicted octanol–water partition coefficient (Wildman–Crippen LogP) is 7.22. The molecule has 0 atom stereocenters. The molecular formula is C33H31F7N6O4S. The van der Waals surface area contributed by atoms with E-state index >= 15 is 0 Å². The molecule has 51 heavy (non-hydrogen) atoms. The van der Waals surface area contributed by atoms with Crippen LogP contribution in [0, 0.1) is 11.7 Å². The standard InChI is InChI=1S/C33H31F7N6O4S/c34-22-4-8-24(9-5-22)44-29-15-16-41-31(46-29)45-25-10-12-26(13-11-25)51(48,49)43-19-20-1-6-23(7-2-20)42-18-21-3-14-28(27(17-21)32(35,36)37)50-30(47)33(38,39)40/h3-5,8-17,20,23,42-43H,1-2,6-7,18-19H2,(H2,41,44,45,46). The summed E-state index contributed by atoms with van der Waals surface area (Å²) in [5, 5.41) is 9.17. The molecule has 4 aromatic rings. The number of hydrogen-bond donors (Lipinski definition) is 4. The van der Waals surface area contributed by atoms with Gasteiger partial charge in [-0.3, -0.25) is 0 Å². The van der Waals surface area contributed by atoms with Gasteiger partial charge in [0, 0.05) is 36.7 Å². The van der Waals surface area contributed by atoms with Gasteiger partial charge in [0.05, 0.1) is 10.5 Å². The molecule has 0 spiro atoms. The van der Waals surface area contributed by atoms with Gasteiger partial charge >= 0.3 is 18.3 Å². The van der Waals surface area contributed by atoms with E-state index in [1.807, 2.05) is 0 Å². The third kappa shape index (κ3) is 10.6. The lowest BCUT2D eigenvalue weighted by atomic mass is 9.86. The number of rotatable bonds is 12. The van der Waals surface area contributed by atoms with Crippen molar-refractivity contribution in [1.82, 2.24) is 20.0 Å². The summed E-state index contributed by atoms with van der Waals surface area (Å²) < 4.78 is 124. The Kier molecular flexibility index (Phi) is 11.5. The molecular weight excluding hydrogens is 709 g/mol. The number of halogens is 7. The first-order chi connectivity index (χ1) is 24.0. The smallest absolute Gasteiger partial charge is 0.419 e. The molecule has 0 aliphatic heterocycles. The van der Waals surface area contributed by atoms with Crippen LogP contribution >= 0.6 is 0 Å². The number of aromatic nitrogens is 2. The lowest BCUT2D eigenvalue weighted by Gasteiger charge is -2.29. The maximum Gasteiger partial charge on any atom is 0.491 e. The summed E-state index contributed by atoms with van der Waals surface area (Å²) in [6.45, 7) is 0.164. The number of benzene rings is 3. The lowest BCUT2D eigenvalue weighted by Crippen LogP contribution is -2.36. The molecule has 10 nitrogen and oxygen atoms in total. The summed E-state index contributed by atoms with van der Waals surface area (Å²) in [6.07, 6.45) is -6.49. The van der Waals surface area contributed by atoms with Crippen LogP contribution in [0.3, 0.4) is 0 Å². The molecule has 5 rings (SSSR count). The SMILES string of the molecule is O=C(Oc1ccc(CNC2CCC(CNS(=O)(=O)c3ccc(Nc4nccc(Nc5ccc(F)cc5)n4)cc3)CC2)cc1C(F)(F)F)C(F)(F)F. The topological polar surface area (TPSA) is 134 Å². The number of carbonyl (C=O) groups is 1. The molecule has 1 heterocycles. The van der Waals surface area contributed by atoms with E-state index in [9.17, 15) is 43.9 Å². The summed E-state index contributed by atoms with van der Waals surface area (Å²) in [5.41, 5.74) is -0.208. The molecule has 1 aromatic heterocycles. The van der Waals surface area contributed by atoms with Crippen molar-refractivity contribution >= 4 is 39.1 Å². The average molecular weight is 741 g/mol. The van der Waals surface area contributed by atoms with Gasteiger partial charge in [0.25, 0.3) is 0 Å². The van der Waals surface area contributed by atoms with Crippen molar-refractivity contribution in [2.24, 2.45) is 5.92 Å². The Morgan fingerprint density at radius 1 is 0.843 bits per heavy atom. The fraction of sp³-hybridized carbons (Fsp3) is 0.303. The summed E-state index contributed by atoms with van der Waals surface area (Å²) in [6, 6.07) is 15.7. The molecule has 1 fully saturated rings. The van der Waals surface area contributed by atoms with E-state index in [2.05, 4.69) is 35.4 Å². The summed E-state index contributed by atoms with van der Waals surface area (Å²) in [5.74, 6) is -3.64. The van der Waals surface area contributed by atoms with E-state index in [0.29, 0.717) is 55.0 Å². The van der Waals surface area contributed by atoms with Crippen molar-refractivity contribution in [1.29, 1.82) is 0 Å². The van der Waals surface area contributed by atoms with Gasteiger partial charge in [-0.2, -0.15) is 31.3 Å². The van der Waals surface area contributed by atoms with Gasteiger partial charge in [0.15, 0.2) is 0 Å². The Hall–Kier alpha value is -4.81. The van der Waals surface area contributed by atoms with E-state index in [1.165, 1.54) is 30.5 Å². The fourth-order valence-electron chi connectivity index (χ4n) is 5.32. The number of alkyl halides is 6. The Morgan fingerprint density at radius 3 is 2.14 bits per heavy atom. The number of carbonyl (C=O) groups excluding carboxylic acids is 1. The number of esters is 1. The van der Waals surface area contributed by atoms with Crippen LogP contribution < -0.4 is 25.4 Å². The van der Waals surface area contributed by atoms with E-state index in [-0.39, 0.29) is 47.3 Å². The first-order valence-electron chi connectivity index (χ1n) is 15.5. The highest BCUT2D eigenvalue weighted by Crippen LogP contribution is 2.38. The van der Waals surface area contributed by atoms with Gasteiger partial charge in [-0.1, -0.05) is 6.07 Å². The quantitative estimate of drug-likeness (QED) is 0.0675. The molecule has 18 heteroatoms. The Bertz CT molecular complexity index is 1920. The second-order valence-electron chi connectivity index (χ2n) is 11.7. The van der Waals surface area contributed by atoms with Gasteiger partial charge in [-0.05, 0) is 104 Å². The highest BCUT2D eigenvalue weighted by molar-refractivity contribution is 7.89. The monoisotopic (exact) mass is 740 g/mol. The van der Waals surface area contributed by atoms with Crippen molar-refractivity contribution in [3.63, 3.8) is 0 Å². The molecule has 4 N–H and O–H groups in total. The molecule has 1 saturated carbocycles. The molecule has 0 amide bonds. The molecule has 3 aromatic carbocycles. The minimum absolute atomic E-state index is 0.0196. The first kappa shape index (κ1) is 37.4. The van der Waals surface area contributed by atoms with Crippen LogP contribution in [0.2, 0.25) is 0 Å². The summed E-state index contributed by atoms with van der Waals surface area (Å²) >= 11 is 0. The van der Waals surface area contributed by atoms with E-state index in [0.717, 1.165) is 6.07 Å². The van der Waals surface area contributed by atoms with Crippen molar-refractivity contribution < 1.29 is 48.7 Å². The summed E-state index contributed by atoms with van der Waals surface area (Å²) in [7, 11) is -3.84. The first-order valence-corrected chi connectivity index (χ1v) is 17.0. The van der Waals surface area contributed by atoms with E-state index in [4.69, 9.17) is 0 Å². The molecule has 1 aliphatic rings. The molecule has 0 saturated heterocycles. The van der Waals surface area contributed by atoms with Gasteiger partial charge < -0.3 is 20.7 Å². The van der Waals surface area contributed by atoms with E-state index < -0.39 is 39.7 Å². The fourth-order valence-corrected chi connectivity index (χ4v) is 6.43. The second kappa shape index (κ2) is 15.6. The minimum Gasteiger partial charge on any atom is -0.419 e. The Balaban J connectivity index is 1.08. The zero-order chi connectivity index (χ0) is 36.8. The maximum absolute atomic E-state index is 13.5. The van der Waals surface area contributed by atoms with Crippen LogP contribution in [-0.4, -0.2) is 43.1 Å². The zero-order valence-corrected chi connectivity index (χ0v) is 27.3. The number of ether oxygens (including phenoxy) is 1. The van der Waals surface area contributed by atoms with Crippen molar-refractivity contribution in [3.05, 3.63) is 95.9 Å². The van der Waals surface area contributed by atoms with Crippen LogP contribution in [0.4, 0.5) is 53.9 Å². The highest BCUT2D eigenvalue weighted by Gasteiger charge is 2.43.